The molecule has 0 radical (unpaired) electrons. The molecule has 0 amide bonds. The van der Waals surface area contributed by atoms with Crippen LogP contribution in [0.4, 0.5) is 0 Å². The molecule has 2 heterocycles. The number of carbonyl (C=O) groups is 1. The molecule has 1 aromatic rings. The Morgan fingerprint density at radius 3 is 2.39 bits per heavy atom. The quantitative estimate of drug-likeness (QED) is 0.808. The molecule has 0 bridgehead atoms. The monoisotopic (exact) mass is 370 g/mol. The molecule has 6 heteroatoms. The third-order valence-corrected chi connectivity index (χ3v) is 5.91. The van der Waals surface area contributed by atoms with E-state index in [1.165, 1.54) is 0 Å². The Labute approximate surface area is 163 Å². The van der Waals surface area contributed by atoms with Crippen LogP contribution in [0.1, 0.15) is 24.3 Å². The minimum Gasteiger partial charge on any atom is -0.497 e. The summed E-state index contributed by atoms with van der Waals surface area (Å²) in [5.41, 5.74) is -0.278. The molecule has 138 valence electrons. The van der Waals surface area contributed by atoms with Gasteiger partial charge in [-0.3, -0.25) is 4.79 Å². The molecule has 28 heavy (non-hydrogen) atoms. The Bertz CT molecular complexity index is 985. The summed E-state index contributed by atoms with van der Waals surface area (Å²) in [5.74, 6) is 0.0486. The molecule has 1 saturated heterocycles. The molecule has 6 nitrogen and oxygen atoms in total. The number of fused-ring (bicyclic) bond motifs is 1. The maximum atomic E-state index is 13.3. The van der Waals surface area contributed by atoms with Crippen molar-refractivity contribution in [2.45, 2.75) is 30.8 Å². The van der Waals surface area contributed by atoms with Gasteiger partial charge in [-0.25, -0.2) is 0 Å². The fourth-order valence-electron chi connectivity index (χ4n) is 4.36. The highest BCUT2D eigenvalue weighted by atomic mass is 16.5. The van der Waals surface area contributed by atoms with Gasteiger partial charge >= 0.3 is 0 Å². The zero-order valence-electron chi connectivity index (χ0n) is 15.4. The van der Waals surface area contributed by atoms with Gasteiger partial charge in [0.1, 0.15) is 11.8 Å². The van der Waals surface area contributed by atoms with Crippen molar-refractivity contribution in [3.05, 3.63) is 53.8 Å². The van der Waals surface area contributed by atoms with Gasteiger partial charge in [0.25, 0.3) is 0 Å². The molecular weight excluding hydrogens is 352 g/mol. The standard InChI is InChI=1S/C22H18N4O2/c1-28-17-7-5-15(6-8-17)19-20(21(27)16-3-4-16)26-11-14(10-23)2-9-18(26)22(19,12-24)13-25/h2,5-9,11,16,18-20H,3-4H2,1H3/t18-,19+,20+/m1/s1. The van der Waals surface area contributed by atoms with Gasteiger partial charge < -0.3 is 9.64 Å². The van der Waals surface area contributed by atoms with Crippen LogP contribution in [0.3, 0.4) is 0 Å². The lowest BCUT2D eigenvalue weighted by Crippen LogP contribution is -2.40. The lowest BCUT2D eigenvalue weighted by molar-refractivity contribution is -0.124. The second-order valence-electron chi connectivity index (χ2n) is 7.41. The maximum Gasteiger partial charge on any atom is 0.176 e. The van der Waals surface area contributed by atoms with Crippen LogP contribution in [0, 0.1) is 45.3 Å². The van der Waals surface area contributed by atoms with E-state index in [-0.39, 0.29) is 11.7 Å². The second-order valence-corrected chi connectivity index (χ2v) is 7.41. The van der Waals surface area contributed by atoms with E-state index in [4.69, 9.17) is 4.74 Å². The van der Waals surface area contributed by atoms with Gasteiger partial charge in [0.15, 0.2) is 11.2 Å². The fourth-order valence-corrected chi connectivity index (χ4v) is 4.36. The van der Waals surface area contributed by atoms with Gasteiger partial charge in [0.05, 0.1) is 36.9 Å². The van der Waals surface area contributed by atoms with Crippen LogP contribution in [0.5, 0.6) is 5.75 Å². The molecule has 0 spiro atoms. The summed E-state index contributed by atoms with van der Waals surface area (Å²) < 4.78 is 5.22. The van der Waals surface area contributed by atoms with Crippen molar-refractivity contribution in [2.75, 3.05) is 7.11 Å². The first-order valence-electron chi connectivity index (χ1n) is 9.17. The Morgan fingerprint density at radius 1 is 1.18 bits per heavy atom. The number of nitriles is 3. The van der Waals surface area contributed by atoms with Gasteiger partial charge in [-0.2, -0.15) is 15.8 Å². The normalized spacial score (nSPS) is 27.0. The van der Waals surface area contributed by atoms with Crippen molar-refractivity contribution < 1.29 is 9.53 Å². The van der Waals surface area contributed by atoms with E-state index in [0.29, 0.717) is 11.3 Å². The molecule has 0 N–H and O–H groups in total. The van der Waals surface area contributed by atoms with Gasteiger partial charge in [0, 0.05) is 18.0 Å². The highest BCUT2D eigenvalue weighted by molar-refractivity contribution is 5.90. The number of methoxy groups -OCH3 is 1. The molecule has 3 atom stereocenters. The van der Waals surface area contributed by atoms with Crippen LogP contribution >= 0.6 is 0 Å². The third kappa shape index (κ3) is 2.48. The van der Waals surface area contributed by atoms with Crippen LogP contribution < -0.4 is 4.74 Å². The summed E-state index contributed by atoms with van der Waals surface area (Å²) in [5, 5.41) is 29.5. The zero-order valence-corrected chi connectivity index (χ0v) is 15.4. The van der Waals surface area contributed by atoms with Gasteiger partial charge in [-0.15, -0.1) is 0 Å². The summed E-state index contributed by atoms with van der Waals surface area (Å²) in [4.78, 5) is 15.0. The lowest BCUT2D eigenvalue weighted by atomic mass is 9.69. The number of carbonyl (C=O) groups excluding carboxylic acids is 1. The highest BCUT2D eigenvalue weighted by Crippen LogP contribution is 2.54. The predicted molar refractivity (Wildman–Crippen MR) is 99.4 cm³/mol. The Hall–Kier alpha value is -3.56. The Morgan fingerprint density at radius 2 is 1.86 bits per heavy atom. The van der Waals surface area contributed by atoms with Gasteiger partial charge in [0.2, 0.25) is 0 Å². The van der Waals surface area contributed by atoms with E-state index in [1.807, 2.05) is 12.1 Å². The third-order valence-electron chi connectivity index (χ3n) is 5.91. The molecule has 1 aliphatic carbocycles. The van der Waals surface area contributed by atoms with Crippen LogP contribution in [-0.4, -0.2) is 29.9 Å². The van der Waals surface area contributed by atoms with Crippen LogP contribution in [0.15, 0.2) is 48.2 Å². The minimum absolute atomic E-state index is 0.0376. The van der Waals surface area contributed by atoms with Gasteiger partial charge in [-0.05, 0) is 36.6 Å². The van der Waals surface area contributed by atoms with E-state index in [9.17, 15) is 20.6 Å². The molecule has 2 aliphatic heterocycles. The predicted octanol–water partition coefficient (Wildman–Crippen LogP) is 2.82. The topological polar surface area (TPSA) is 101 Å². The number of hydrogen-bond acceptors (Lipinski definition) is 6. The van der Waals surface area contributed by atoms with E-state index < -0.39 is 23.4 Å². The van der Waals surface area contributed by atoms with Crippen molar-refractivity contribution in [3.8, 4) is 24.0 Å². The van der Waals surface area contributed by atoms with Crippen LogP contribution in [-0.2, 0) is 4.79 Å². The summed E-state index contributed by atoms with van der Waals surface area (Å²) in [6, 6.07) is 12.5. The molecule has 1 saturated carbocycles. The van der Waals surface area contributed by atoms with Crippen molar-refractivity contribution in [1.29, 1.82) is 15.8 Å². The van der Waals surface area contributed by atoms with E-state index in [1.54, 1.807) is 42.5 Å². The highest BCUT2D eigenvalue weighted by Gasteiger charge is 2.63. The number of nitrogens with zero attached hydrogens (tertiary/aromatic N) is 4. The maximum absolute atomic E-state index is 13.3. The van der Waals surface area contributed by atoms with Crippen LogP contribution in [0.2, 0.25) is 0 Å². The molecule has 4 rings (SSSR count). The summed E-state index contributed by atoms with van der Waals surface area (Å²) in [6.07, 6.45) is 6.63. The van der Waals surface area contributed by atoms with Crippen molar-refractivity contribution in [2.24, 2.45) is 11.3 Å². The molecule has 1 aromatic carbocycles. The zero-order chi connectivity index (χ0) is 19.9. The van der Waals surface area contributed by atoms with Crippen molar-refractivity contribution >= 4 is 5.78 Å². The summed E-state index contributed by atoms with van der Waals surface area (Å²) in [6.45, 7) is 0. The van der Waals surface area contributed by atoms with E-state index in [0.717, 1.165) is 18.4 Å². The van der Waals surface area contributed by atoms with Crippen LogP contribution in [0.25, 0.3) is 0 Å². The SMILES string of the molecule is COc1ccc([C@H]2[C@@H](C(=O)C3CC3)N3C=C(C#N)C=C[C@@H]3C2(C#N)C#N)cc1. The molecule has 0 unspecified atom stereocenters. The number of rotatable bonds is 4. The summed E-state index contributed by atoms with van der Waals surface area (Å²) in [7, 11) is 1.57. The minimum atomic E-state index is -1.43. The van der Waals surface area contributed by atoms with Crippen molar-refractivity contribution in [1.82, 2.24) is 4.90 Å². The number of ether oxygens (including phenoxy) is 1. The first-order chi connectivity index (χ1) is 13.6. The average molecular weight is 370 g/mol. The average Bonchev–Trinajstić information content (AvgIpc) is 3.55. The Balaban J connectivity index is 1.90. The number of ketones is 1. The summed E-state index contributed by atoms with van der Waals surface area (Å²) >= 11 is 0. The number of allylic oxidation sites excluding steroid dienone is 2. The fraction of sp³-hybridized carbons (Fsp3) is 0.364. The van der Waals surface area contributed by atoms with Crippen molar-refractivity contribution in [3.63, 3.8) is 0 Å². The van der Waals surface area contributed by atoms with E-state index in [2.05, 4.69) is 18.2 Å². The second kappa shape index (κ2) is 6.55. The first-order valence-corrected chi connectivity index (χ1v) is 9.17. The lowest BCUT2D eigenvalue weighted by Gasteiger charge is -2.30. The molecule has 2 fully saturated rings. The number of benzene rings is 1. The Kier molecular flexibility index (Phi) is 4.17. The first kappa shape index (κ1) is 17.8. The number of Topliss-reactive ketones (excluding diaryl/α,β-unsaturated/α-hetero) is 1. The largest absolute Gasteiger partial charge is 0.497 e. The van der Waals surface area contributed by atoms with Gasteiger partial charge in [-0.1, -0.05) is 18.2 Å². The molecule has 3 aliphatic rings. The smallest absolute Gasteiger partial charge is 0.176 e. The number of hydrogen-bond donors (Lipinski definition) is 0. The van der Waals surface area contributed by atoms with E-state index >= 15 is 0 Å². The molecule has 0 aromatic heterocycles. The molecular formula is C22H18N4O2.